The summed E-state index contributed by atoms with van der Waals surface area (Å²) in [5, 5.41) is 8.96. The van der Waals surface area contributed by atoms with Crippen LogP contribution >= 0.6 is 0 Å². The fourth-order valence-electron chi connectivity index (χ4n) is 4.66. The van der Waals surface area contributed by atoms with Gasteiger partial charge >= 0.3 is 0 Å². The molecule has 0 saturated carbocycles. The fourth-order valence-corrected chi connectivity index (χ4v) is 4.66. The average molecular weight is 519 g/mol. The largest absolute Gasteiger partial charge is 0.480 e. The van der Waals surface area contributed by atoms with E-state index in [-0.39, 0.29) is 12.9 Å². The molecule has 2 aliphatic heterocycles. The Hall–Kier alpha value is -3.66. The summed E-state index contributed by atoms with van der Waals surface area (Å²) in [5.74, 6) is 5.46. The molecular weight excluding hydrogens is 486 g/mol. The normalized spacial score (nSPS) is 18.3. The molecule has 2 atom stereocenters. The van der Waals surface area contributed by atoms with Crippen molar-refractivity contribution in [1.82, 2.24) is 0 Å². The van der Waals surface area contributed by atoms with Gasteiger partial charge in [-0.3, -0.25) is 0 Å². The summed E-state index contributed by atoms with van der Waals surface area (Å²) in [6.07, 6.45) is 2.03. The number of ether oxygens (including phenoxy) is 3. The van der Waals surface area contributed by atoms with Crippen molar-refractivity contribution in [3.63, 3.8) is 0 Å². The molecule has 0 amide bonds. The van der Waals surface area contributed by atoms with Crippen molar-refractivity contribution >= 4 is 11.1 Å². The van der Waals surface area contributed by atoms with Crippen molar-refractivity contribution in [3.8, 4) is 23.3 Å². The number of allylic oxidation sites excluding steroid dienone is 1. The zero-order valence-corrected chi connectivity index (χ0v) is 21.9. The molecule has 3 aromatic carbocycles. The van der Waals surface area contributed by atoms with Crippen LogP contribution < -0.4 is 9.47 Å². The molecule has 2 heterocycles. The van der Waals surface area contributed by atoms with E-state index < -0.39 is 17.7 Å². The summed E-state index contributed by atoms with van der Waals surface area (Å²) in [6.45, 7) is 6.39. The van der Waals surface area contributed by atoms with Crippen LogP contribution in [0.5, 0.6) is 11.5 Å². The quantitative estimate of drug-likeness (QED) is 0.368. The Morgan fingerprint density at radius 1 is 0.974 bits per heavy atom. The van der Waals surface area contributed by atoms with E-state index in [0.29, 0.717) is 29.2 Å². The second-order valence-electron chi connectivity index (χ2n) is 8.85. The third kappa shape index (κ3) is 6.24. The number of rotatable bonds is 4. The minimum atomic E-state index is -0.652. The first kappa shape index (κ1) is 27.4. The van der Waals surface area contributed by atoms with E-state index in [1.807, 2.05) is 63.2 Å². The first-order valence-electron chi connectivity index (χ1n) is 13.0. The van der Waals surface area contributed by atoms with Crippen LogP contribution in [0.3, 0.4) is 0 Å². The number of aliphatic hydroxyl groups excluding tert-OH is 1. The van der Waals surface area contributed by atoms with E-state index >= 15 is 0 Å². The lowest BCUT2D eigenvalue weighted by atomic mass is 9.86. The molecule has 3 aromatic rings. The van der Waals surface area contributed by atoms with Gasteiger partial charge in [-0.05, 0) is 72.9 Å². The number of aliphatic hydroxyl groups is 1. The second-order valence-corrected chi connectivity index (χ2v) is 8.85. The van der Waals surface area contributed by atoms with Crippen LogP contribution in [-0.4, -0.2) is 24.6 Å². The highest BCUT2D eigenvalue weighted by atomic mass is 19.1. The standard InChI is InChI=1S/C30H26F2O4.C2H6/c1-19-26-12-11-25(35-28-6-2-3-14-34-28)18-27(26)36-30(21-9-7-20(8-10-21)5-4-13-33)29(19)22-15-23(31)17-24(32)16-22;1-2/h7-12,15-18,28,30,33H,2-3,6,13-14H2,1H3;1-2H3. The first-order valence-corrected chi connectivity index (χ1v) is 13.0. The number of hydrogen-bond donors (Lipinski definition) is 1. The molecule has 6 heteroatoms. The molecular formula is C32H32F2O4. The van der Waals surface area contributed by atoms with Crippen LogP contribution in [0.1, 0.15) is 68.4 Å². The third-order valence-electron chi connectivity index (χ3n) is 6.37. The molecule has 4 nitrogen and oxygen atoms in total. The molecule has 0 aromatic heterocycles. The monoisotopic (exact) mass is 518 g/mol. The van der Waals surface area contributed by atoms with Crippen molar-refractivity contribution in [2.24, 2.45) is 0 Å². The topological polar surface area (TPSA) is 47.9 Å². The lowest BCUT2D eigenvalue weighted by Crippen LogP contribution is -2.25. The number of halogens is 2. The predicted octanol–water partition coefficient (Wildman–Crippen LogP) is 7.30. The van der Waals surface area contributed by atoms with Crippen LogP contribution in [0.25, 0.3) is 11.1 Å². The molecule has 0 radical (unpaired) electrons. The summed E-state index contributed by atoms with van der Waals surface area (Å²) in [7, 11) is 0. The van der Waals surface area contributed by atoms with Crippen LogP contribution in [0.4, 0.5) is 8.78 Å². The van der Waals surface area contributed by atoms with Crippen molar-refractivity contribution in [3.05, 3.63) is 94.6 Å². The summed E-state index contributed by atoms with van der Waals surface area (Å²) in [6, 6.07) is 16.5. The molecule has 1 saturated heterocycles. The molecule has 2 unspecified atom stereocenters. The maximum atomic E-state index is 14.2. The molecule has 0 aliphatic carbocycles. The lowest BCUT2D eigenvalue weighted by Gasteiger charge is -2.32. The highest BCUT2D eigenvalue weighted by molar-refractivity contribution is 5.95. The molecule has 38 heavy (non-hydrogen) atoms. The van der Waals surface area contributed by atoms with E-state index in [2.05, 4.69) is 11.8 Å². The fraction of sp³-hybridized carbons (Fsp3) is 0.312. The zero-order valence-electron chi connectivity index (χ0n) is 21.9. The number of fused-ring (bicyclic) bond motifs is 1. The minimum absolute atomic E-state index is 0.224. The van der Waals surface area contributed by atoms with Gasteiger partial charge in [0, 0.05) is 35.3 Å². The molecule has 198 valence electrons. The highest BCUT2D eigenvalue weighted by Gasteiger charge is 2.30. The smallest absolute Gasteiger partial charge is 0.199 e. The van der Waals surface area contributed by atoms with Crippen molar-refractivity contribution in [2.45, 2.75) is 52.4 Å². The minimum Gasteiger partial charge on any atom is -0.480 e. The van der Waals surface area contributed by atoms with Crippen LogP contribution in [0, 0.1) is 23.5 Å². The molecule has 5 rings (SSSR count). The predicted molar refractivity (Wildman–Crippen MR) is 145 cm³/mol. The summed E-state index contributed by atoms with van der Waals surface area (Å²) < 4.78 is 46.7. The summed E-state index contributed by atoms with van der Waals surface area (Å²) in [4.78, 5) is 0. The Balaban J connectivity index is 0.00000164. The average Bonchev–Trinajstić information content (AvgIpc) is 2.93. The third-order valence-corrected chi connectivity index (χ3v) is 6.37. The van der Waals surface area contributed by atoms with Crippen molar-refractivity contribution in [1.29, 1.82) is 0 Å². The summed E-state index contributed by atoms with van der Waals surface area (Å²) >= 11 is 0. The van der Waals surface area contributed by atoms with Gasteiger partial charge in [0.1, 0.15) is 35.8 Å². The van der Waals surface area contributed by atoms with E-state index in [9.17, 15) is 8.78 Å². The van der Waals surface area contributed by atoms with Crippen LogP contribution in [0.15, 0.2) is 60.7 Å². The summed E-state index contributed by atoms with van der Waals surface area (Å²) in [5.41, 5.74) is 4.33. The first-order chi connectivity index (χ1) is 18.5. The Bertz CT molecular complexity index is 1330. The van der Waals surface area contributed by atoms with Gasteiger partial charge in [-0.2, -0.15) is 0 Å². The maximum Gasteiger partial charge on any atom is 0.199 e. The van der Waals surface area contributed by atoms with Gasteiger partial charge < -0.3 is 19.3 Å². The Morgan fingerprint density at radius 3 is 2.37 bits per heavy atom. The van der Waals surface area contributed by atoms with Gasteiger partial charge in [0.15, 0.2) is 6.29 Å². The highest BCUT2D eigenvalue weighted by Crippen LogP contribution is 2.47. The maximum absolute atomic E-state index is 14.2. The Kier molecular flexibility index (Phi) is 9.17. The van der Waals surface area contributed by atoms with Crippen LogP contribution in [-0.2, 0) is 4.74 Å². The molecule has 0 bridgehead atoms. The van der Waals surface area contributed by atoms with Crippen molar-refractivity contribution in [2.75, 3.05) is 13.2 Å². The van der Waals surface area contributed by atoms with Gasteiger partial charge in [0.2, 0.25) is 0 Å². The van der Waals surface area contributed by atoms with E-state index in [1.54, 1.807) is 0 Å². The number of benzene rings is 3. The van der Waals surface area contributed by atoms with Gasteiger partial charge in [-0.25, -0.2) is 8.78 Å². The van der Waals surface area contributed by atoms with E-state index in [1.165, 1.54) is 12.1 Å². The molecule has 2 aliphatic rings. The molecule has 1 fully saturated rings. The molecule has 0 spiro atoms. The SMILES string of the molecule is CC.CC1=C(c2cc(F)cc(F)c2)C(c2ccc(C#CCO)cc2)Oc2cc(OC3CCCCO3)ccc21. The number of hydrogen-bond acceptors (Lipinski definition) is 4. The van der Waals surface area contributed by atoms with E-state index in [0.717, 1.165) is 47.6 Å². The zero-order chi connectivity index (χ0) is 27.1. The Labute approximate surface area is 222 Å². The van der Waals surface area contributed by atoms with Crippen molar-refractivity contribution < 1.29 is 28.1 Å². The molecule has 1 N–H and O–H groups in total. The van der Waals surface area contributed by atoms with Crippen LogP contribution in [0.2, 0.25) is 0 Å². The van der Waals surface area contributed by atoms with Gasteiger partial charge in [-0.15, -0.1) is 0 Å². The van der Waals surface area contributed by atoms with Gasteiger partial charge in [0.05, 0.1) is 6.61 Å². The van der Waals surface area contributed by atoms with Gasteiger partial charge in [-0.1, -0.05) is 37.8 Å². The lowest BCUT2D eigenvalue weighted by molar-refractivity contribution is -0.105. The Morgan fingerprint density at radius 2 is 1.71 bits per heavy atom. The van der Waals surface area contributed by atoms with Gasteiger partial charge in [0.25, 0.3) is 0 Å². The second kappa shape index (κ2) is 12.7. The van der Waals surface area contributed by atoms with E-state index in [4.69, 9.17) is 19.3 Å².